The highest BCUT2D eigenvalue weighted by Crippen LogP contribution is 2.20. The van der Waals surface area contributed by atoms with Gasteiger partial charge < -0.3 is 20.6 Å². The lowest BCUT2D eigenvalue weighted by molar-refractivity contribution is 0.0896. The summed E-state index contributed by atoms with van der Waals surface area (Å²) in [6, 6.07) is 3.29. The fourth-order valence-corrected chi connectivity index (χ4v) is 1.40. The summed E-state index contributed by atoms with van der Waals surface area (Å²) in [6.07, 6.45) is 0. The Bertz CT molecular complexity index is 383. The summed E-state index contributed by atoms with van der Waals surface area (Å²) in [5, 5.41) is 30.2. The fraction of sp³-hybridized carbons (Fsp3) is 0.417. The van der Waals surface area contributed by atoms with Crippen LogP contribution in [0.1, 0.15) is 24.2 Å². The van der Waals surface area contributed by atoms with E-state index in [4.69, 9.17) is 5.11 Å². The number of phenolic OH excluding ortho intramolecular Hbond substituents is 2. The van der Waals surface area contributed by atoms with Gasteiger partial charge in [0.25, 0.3) is 5.91 Å². The van der Waals surface area contributed by atoms with Gasteiger partial charge in [0, 0.05) is 11.6 Å². The number of benzene rings is 1. The smallest absolute Gasteiger partial charge is 0.251 e. The number of aromatic hydroxyl groups is 2. The van der Waals surface area contributed by atoms with E-state index in [9.17, 15) is 15.0 Å². The third-order valence-corrected chi connectivity index (χ3v) is 2.48. The Morgan fingerprint density at radius 3 is 2.18 bits per heavy atom. The zero-order chi connectivity index (χ0) is 13.0. The molecule has 0 aliphatic heterocycles. The maximum atomic E-state index is 11.8. The first kappa shape index (κ1) is 13.3. The van der Waals surface area contributed by atoms with E-state index in [1.807, 2.05) is 13.8 Å². The lowest BCUT2D eigenvalue weighted by atomic mass is 10.0. The molecule has 1 aromatic rings. The van der Waals surface area contributed by atoms with Crippen LogP contribution < -0.4 is 5.32 Å². The summed E-state index contributed by atoms with van der Waals surface area (Å²) in [5.74, 6) is -0.709. The average molecular weight is 239 g/mol. The number of aliphatic hydroxyl groups excluding tert-OH is 1. The van der Waals surface area contributed by atoms with Gasteiger partial charge in [-0.2, -0.15) is 0 Å². The highest BCUT2D eigenvalue weighted by molar-refractivity contribution is 5.95. The van der Waals surface area contributed by atoms with E-state index in [0.717, 1.165) is 6.07 Å². The first-order valence-electron chi connectivity index (χ1n) is 5.38. The first-order valence-corrected chi connectivity index (χ1v) is 5.38. The van der Waals surface area contributed by atoms with E-state index in [-0.39, 0.29) is 35.6 Å². The fourth-order valence-electron chi connectivity index (χ4n) is 1.40. The van der Waals surface area contributed by atoms with Gasteiger partial charge in [0.05, 0.1) is 12.6 Å². The molecule has 94 valence electrons. The number of carbonyl (C=O) groups excluding carboxylic acids is 1. The molecule has 0 saturated heterocycles. The molecule has 1 unspecified atom stereocenters. The Morgan fingerprint density at radius 2 is 1.76 bits per heavy atom. The van der Waals surface area contributed by atoms with Gasteiger partial charge in [-0.1, -0.05) is 13.8 Å². The Labute approximate surface area is 99.7 Å². The molecular weight excluding hydrogens is 222 g/mol. The molecule has 1 rings (SSSR count). The molecule has 5 heteroatoms. The van der Waals surface area contributed by atoms with Crippen LogP contribution >= 0.6 is 0 Å². The second kappa shape index (κ2) is 5.54. The van der Waals surface area contributed by atoms with Crippen molar-refractivity contribution in [2.24, 2.45) is 5.92 Å². The summed E-state index contributed by atoms with van der Waals surface area (Å²) in [4.78, 5) is 11.8. The minimum atomic E-state index is -0.441. The van der Waals surface area contributed by atoms with Crippen LogP contribution in [0, 0.1) is 5.92 Å². The third kappa shape index (κ3) is 3.64. The zero-order valence-corrected chi connectivity index (χ0v) is 9.84. The molecular formula is C12H17NO4. The van der Waals surface area contributed by atoms with Crippen LogP contribution in [0.3, 0.4) is 0 Å². The molecule has 0 heterocycles. The quantitative estimate of drug-likeness (QED) is 0.627. The maximum absolute atomic E-state index is 11.8. The summed E-state index contributed by atoms with van der Waals surface area (Å²) in [5.41, 5.74) is 0.154. The van der Waals surface area contributed by atoms with Gasteiger partial charge >= 0.3 is 0 Å². The van der Waals surface area contributed by atoms with Crippen molar-refractivity contribution < 1.29 is 20.1 Å². The minimum Gasteiger partial charge on any atom is -0.508 e. The van der Waals surface area contributed by atoms with Crippen molar-refractivity contribution in [3.8, 4) is 11.5 Å². The minimum absolute atomic E-state index is 0.0925. The SMILES string of the molecule is CC(C)C(CO)NC(=O)c1cc(O)cc(O)c1. The maximum Gasteiger partial charge on any atom is 0.251 e. The second-order valence-corrected chi connectivity index (χ2v) is 4.24. The number of aliphatic hydroxyl groups is 1. The van der Waals surface area contributed by atoms with Crippen molar-refractivity contribution in [3.63, 3.8) is 0 Å². The monoisotopic (exact) mass is 239 g/mol. The predicted octanol–water partition coefficient (Wildman–Crippen LogP) is 0.844. The van der Waals surface area contributed by atoms with Gasteiger partial charge in [0.2, 0.25) is 0 Å². The molecule has 0 aromatic heterocycles. The van der Waals surface area contributed by atoms with Crippen molar-refractivity contribution in [2.45, 2.75) is 19.9 Å². The number of hydrogen-bond acceptors (Lipinski definition) is 4. The van der Waals surface area contributed by atoms with Crippen molar-refractivity contribution >= 4 is 5.91 Å². The molecule has 0 fully saturated rings. The molecule has 0 spiro atoms. The highest BCUT2D eigenvalue weighted by atomic mass is 16.3. The Morgan fingerprint density at radius 1 is 1.24 bits per heavy atom. The van der Waals surface area contributed by atoms with Crippen LogP contribution in [0.2, 0.25) is 0 Å². The van der Waals surface area contributed by atoms with E-state index < -0.39 is 5.91 Å². The van der Waals surface area contributed by atoms with Crippen LogP contribution in [0.15, 0.2) is 18.2 Å². The number of carbonyl (C=O) groups is 1. The van der Waals surface area contributed by atoms with E-state index >= 15 is 0 Å². The molecule has 0 saturated carbocycles. The number of hydrogen-bond donors (Lipinski definition) is 4. The van der Waals surface area contributed by atoms with Crippen LogP contribution in [-0.4, -0.2) is 33.9 Å². The van der Waals surface area contributed by atoms with Gasteiger partial charge in [-0.25, -0.2) is 0 Å². The van der Waals surface area contributed by atoms with Crippen LogP contribution in [0.4, 0.5) is 0 Å². The number of rotatable bonds is 4. The Kier molecular flexibility index (Phi) is 4.34. The molecule has 0 radical (unpaired) electrons. The van der Waals surface area contributed by atoms with Gasteiger partial charge in [0.1, 0.15) is 11.5 Å². The normalized spacial score (nSPS) is 12.5. The lowest BCUT2D eigenvalue weighted by Gasteiger charge is -2.19. The van der Waals surface area contributed by atoms with Crippen molar-refractivity contribution in [1.29, 1.82) is 0 Å². The van der Waals surface area contributed by atoms with Crippen molar-refractivity contribution in [3.05, 3.63) is 23.8 Å². The standard InChI is InChI=1S/C12H17NO4/c1-7(2)11(6-14)13-12(17)8-3-9(15)5-10(16)4-8/h3-5,7,11,14-16H,6H2,1-2H3,(H,13,17). The van der Waals surface area contributed by atoms with Gasteiger partial charge in [-0.15, -0.1) is 0 Å². The molecule has 5 nitrogen and oxygen atoms in total. The number of nitrogens with one attached hydrogen (secondary N) is 1. The summed E-state index contributed by atoms with van der Waals surface area (Å²) in [7, 11) is 0. The zero-order valence-electron chi connectivity index (χ0n) is 9.84. The van der Waals surface area contributed by atoms with E-state index in [2.05, 4.69) is 5.32 Å². The van der Waals surface area contributed by atoms with Gasteiger partial charge in [-0.3, -0.25) is 4.79 Å². The van der Waals surface area contributed by atoms with Crippen LogP contribution in [-0.2, 0) is 0 Å². The highest BCUT2D eigenvalue weighted by Gasteiger charge is 2.16. The van der Waals surface area contributed by atoms with Crippen LogP contribution in [0.25, 0.3) is 0 Å². The van der Waals surface area contributed by atoms with Crippen LogP contribution in [0.5, 0.6) is 11.5 Å². The molecule has 0 bridgehead atoms. The van der Waals surface area contributed by atoms with E-state index in [1.165, 1.54) is 12.1 Å². The molecule has 4 N–H and O–H groups in total. The van der Waals surface area contributed by atoms with E-state index in [1.54, 1.807) is 0 Å². The second-order valence-electron chi connectivity index (χ2n) is 4.24. The third-order valence-electron chi connectivity index (χ3n) is 2.48. The summed E-state index contributed by atoms with van der Waals surface area (Å²) < 4.78 is 0. The lowest BCUT2D eigenvalue weighted by Crippen LogP contribution is -2.41. The largest absolute Gasteiger partial charge is 0.508 e. The van der Waals surface area contributed by atoms with Crippen molar-refractivity contribution in [1.82, 2.24) is 5.32 Å². The predicted molar refractivity (Wildman–Crippen MR) is 62.9 cm³/mol. The molecule has 1 aromatic carbocycles. The average Bonchev–Trinajstić information content (AvgIpc) is 2.23. The summed E-state index contributed by atoms with van der Waals surface area (Å²) >= 11 is 0. The number of phenols is 2. The molecule has 1 amide bonds. The Balaban J connectivity index is 2.82. The molecule has 1 atom stereocenters. The number of amides is 1. The van der Waals surface area contributed by atoms with Crippen molar-refractivity contribution in [2.75, 3.05) is 6.61 Å². The first-order chi connectivity index (χ1) is 7.93. The molecule has 0 aliphatic carbocycles. The molecule has 17 heavy (non-hydrogen) atoms. The Hall–Kier alpha value is -1.75. The molecule has 0 aliphatic rings. The van der Waals surface area contributed by atoms with Gasteiger partial charge in [0.15, 0.2) is 0 Å². The summed E-state index contributed by atoms with van der Waals surface area (Å²) in [6.45, 7) is 3.59. The van der Waals surface area contributed by atoms with Gasteiger partial charge in [-0.05, 0) is 18.1 Å². The topological polar surface area (TPSA) is 89.8 Å². The van der Waals surface area contributed by atoms with E-state index in [0.29, 0.717) is 0 Å².